The molecule has 29 heavy (non-hydrogen) atoms. The molecule has 0 radical (unpaired) electrons. The van der Waals surface area contributed by atoms with Crippen LogP contribution in [0, 0.1) is 5.82 Å². The Bertz CT molecular complexity index is 723. The summed E-state index contributed by atoms with van der Waals surface area (Å²) in [6.07, 6.45) is 3.93. The molecule has 2 N–H and O–H groups in total. The molecule has 3 heterocycles. The van der Waals surface area contributed by atoms with Crippen LogP contribution in [0.5, 0.6) is 0 Å². The van der Waals surface area contributed by atoms with Gasteiger partial charge in [-0.3, -0.25) is 15.0 Å². The van der Waals surface area contributed by atoms with Gasteiger partial charge in [0.25, 0.3) is 0 Å². The van der Waals surface area contributed by atoms with Crippen LogP contribution in [0.1, 0.15) is 31.2 Å². The smallest absolute Gasteiger partial charge is 0.241 e. The van der Waals surface area contributed by atoms with Crippen molar-refractivity contribution >= 4 is 11.8 Å². The second kappa shape index (κ2) is 9.19. The normalized spacial score (nSPS) is 27.8. The Morgan fingerprint density at radius 2 is 1.83 bits per heavy atom. The zero-order valence-corrected chi connectivity index (χ0v) is 16.6. The molecule has 3 fully saturated rings. The number of hydrazine groups is 1. The number of nitrogens with one attached hydrogen (secondary N) is 2. The van der Waals surface area contributed by atoms with Crippen molar-refractivity contribution in [2.75, 3.05) is 32.8 Å². The number of halogens is 1. The molecule has 8 heteroatoms. The highest BCUT2D eigenvalue weighted by Gasteiger charge is 2.40. The number of hydrogen-bond acceptors (Lipinski definition) is 5. The third-order valence-corrected chi connectivity index (χ3v) is 6.16. The zero-order valence-electron chi connectivity index (χ0n) is 16.6. The molecule has 0 aliphatic carbocycles. The fraction of sp³-hybridized carbons (Fsp3) is 0.619. The van der Waals surface area contributed by atoms with Crippen molar-refractivity contribution in [2.24, 2.45) is 0 Å². The number of carbonyl (C=O) groups is 2. The van der Waals surface area contributed by atoms with E-state index in [2.05, 4.69) is 10.9 Å². The average Bonchev–Trinajstić information content (AvgIpc) is 3.25. The average molecular weight is 404 g/mol. The van der Waals surface area contributed by atoms with Crippen molar-refractivity contribution in [3.63, 3.8) is 0 Å². The van der Waals surface area contributed by atoms with Crippen LogP contribution >= 0.6 is 0 Å². The van der Waals surface area contributed by atoms with Gasteiger partial charge >= 0.3 is 0 Å². The maximum Gasteiger partial charge on any atom is 0.241 e. The molecule has 0 aromatic heterocycles. The second-order valence-corrected chi connectivity index (χ2v) is 8.07. The lowest BCUT2D eigenvalue weighted by atomic mass is 9.92. The topological polar surface area (TPSA) is 73.9 Å². The van der Waals surface area contributed by atoms with E-state index >= 15 is 0 Å². The second-order valence-electron chi connectivity index (χ2n) is 8.07. The number of benzene rings is 1. The van der Waals surface area contributed by atoms with Gasteiger partial charge in [-0.15, -0.1) is 0 Å². The molecule has 1 aromatic carbocycles. The van der Waals surface area contributed by atoms with Crippen molar-refractivity contribution in [3.8, 4) is 0 Å². The molecular weight excluding hydrogens is 375 g/mol. The lowest BCUT2D eigenvalue weighted by Gasteiger charge is -2.39. The number of amides is 2. The van der Waals surface area contributed by atoms with E-state index in [1.807, 2.05) is 9.80 Å². The number of nitrogens with zero attached hydrogens (tertiary/aromatic N) is 2. The third-order valence-electron chi connectivity index (χ3n) is 6.16. The number of morpholine rings is 1. The number of likely N-dealkylation sites (tertiary alicyclic amines) is 1. The van der Waals surface area contributed by atoms with Gasteiger partial charge in [0.15, 0.2) is 0 Å². The summed E-state index contributed by atoms with van der Waals surface area (Å²) in [5, 5.41) is 0. The van der Waals surface area contributed by atoms with Gasteiger partial charge in [-0.1, -0.05) is 12.1 Å². The zero-order chi connectivity index (χ0) is 20.2. The van der Waals surface area contributed by atoms with Crippen molar-refractivity contribution in [1.82, 2.24) is 20.7 Å². The minimum atomic E-state index is -0.297. The lowest BCUT2D eigenvalue weighted by Crippen LogP contribution is -2.54. The summed E-state index contributed by atoms with van der Waals surface area (Å²) in [5.41, 5.74) is 7.25. The van der Waals surface area contributed by atoms with Crippen LogP contribution in [-0.2, 0) is 20.7 Å². The van der Waals surface area contributed by atoms with E-state index in [1.165, 1.54) is 12.1 Å². The fourth-order valence-corrected chi connectivity index (χ4v) is 4.56. The van der Waals surface area contributed by atoms with Gasteiger partial charge in [0.05, 0.1) is 19.6 Å². The minimum Gasteiger partial charge on any atom is -0.378 e. The number of hydrogen-bond donors (Lipinski definition) is 2. The molecule has 1 aromatic rings. The Balaban J connectivity index is 1.37. The van der Waals surface area contributed by atoms with Gasteiger partial charge in [-0.25, -0.2) is 9.82 Å². The van der Waals surface area contributed by atoms with E-state index in [1.54, 1.807) is 12.1 Å². The Hall–Kier alpha value is -2.03. The largest absolute Gasteiger partial charge is 0.378 e. The standard InChI is InChI=1S/C21H29FN4O3/c22-16-6-4-15(5-7-16)13-20(27)26-8-2-1-3-19(26)17-14-18(24-23-17)21(28)25-9-11-29-12-10-25/h4-7,17-19,23-24H,1-3,8-14H2. The van der Waals surface area contributed by atoms with E-state index in [0.29, 0.717) is 32.7 Å². The van der Waals surface area contributed by atoms with Gasteiger partial charge in [-0.2, -0.15) is 0 Å². The summed E-state index contributed by atoms with van der Waals surface area (Å²) in [7, 11) is 0. The predicted octanol–water partition coefficient (Wildman–Crippen LogP) is 0.843. The summed E-state index contributed by atoms with van der Waals surface area (Å²) in [4.78, 5) is 29.5. The fourth-order valence-electron chi connectivity index (χ4n) is 4.56. The number of ether oxygens (including phenoxy) is 1. The maximum absolute atomic E-state index is 13.1. The Morgan fingerprint density at radius 3 is 2.59 bits per heavy atom. The van der Waals surface area contributed by atoms with E-state index in [-0.39, 0.29) is 42.2 Å². The van der Waals surface area contributed by atoms with Gasteiger partial charge in [0, 0.05) is 31.7 Å². The van der Waals surface area contributed by atoms with Crippen LogP contribution < -0.4 is 10.9 Å². The highest BCUT2D eigenvalue weighted by molar-refractivity contribution is 5.82. The first-order chi connectivity index (χ1) is 14.1. The number of rotatable bonds is 4. The Morgan fingerprint density at radius 1 is 1.07 bits per heavy atom. The van der Waals surface area contributed by atoms with E-state index in [4.69, 9.17) is 4.74 Å². The molecule has 3 aliphatic heterocycles. The molecule has 3 aliphatic rings. The van der Waals surface area contributed by atoms with Crippen LogP contribution in [0.3, 0.4) is 0 Å². The van der Waals surface area contributed by atoms with Gasteiger partial charge in [0.1, 0.15) is 11.9 Å². The molecule has 4 rings (SSSR count). The molecule has 3 unspecified atom stereocenters. The first-order valence-electron chi connectivity index (χ1n) is 10.5. The molecule has 2 amide bonds. The summed E-state index contributed by atoms with van der Waals surface area (Å²) >= 11 is 0. The van der Waals surface area contributed by atoms with Crippen molar-refractivity contribution < 1.29 is 18.7 Å². The molecule has 158 valence electrons. The van der Waals surface area contributed by atoms with Crippen LogP contribution in [-0.4, -0.2) is 72.6 Å². The van der Waals surface area contributed by atoms with E-state index in [0.717, 1.165) is 31.4 Å². The lowest BCUT2D eigenvalue weighted by molar-refractivity contribution is -0.137. The SMILES string of the molecule is O=C(C1CC(C2CCCCN2C(=O)Cc2ccc(F)cc2)NN1)N1CCOCC1. The summed E-state index contributed by atoms with van der Waals surface area (Å²) < 4.78 is 18.5. The minimum absolute atomic E-state index is 0.0439. The first-order valence-corrected chi connectivity index (χ1v) is 10.5. The van der Waals surface area contributed by atoms with Crippen LogP contribution in [0.15, 0.2) is 24.3 Å². The van der Waals surface area contributed by atoms with Crippen LogP contribution in [0.25, 0.3) is 0 Å². The molecule has 0 spiro atoms. The van der Waals surface area contributed by atoms with E-state index < -0.39 is 0 Å². The summed E-state index contributed by atoms with van der Waals surface area (Å²) in [6, 6.07) is 5.95. The highest BCUT2D eigenvalue weighted by Crippen LogP contribution is 2.25. The van der Waals surface area contributed by atoms with Crippen molar-refractivity contribution in [1.29, 1.82) is 0 Å². The van der Waals surface area contributed by atoms with Crippen molar-refractivity contribution in [3.05, 3.63) is 35.6 Å². The van der Waals surface area contributed by atoms with Gasteiger partial charge in [-0.05, 0) is 43.4 Å². The van der Waals surface area contributed by atoms with Gasteiger partial charge in [0.2, 0.25) is 11.8 Å². The Labute approximate surface area is 170 Å². The van der Waals surface area contributed by atoms with E-state index in [9.17, 15) is 14.0 Å². The molecule has 3 atom stereocenters. The number of carbonyl (C=O) groups excluding carboxylic acids is 2. The van der Waals surface area contributed by atoms with Crippen LogP contribution in [0.4, 0.5) is 4.39 Å². The predicted molar refractivity (Wildman–Crippen MR) is 105 cm³/mol. The molecule has 3 saturated heterocycles. The quantitative estimate of drug-likeness (QED) is 0.778. The molecular formula is C21H29FN4O3. The molecule has 7 nitrogen and oxygen atoms in total. The van der Waals surface area contributed by atoms with Gasteiger partial charge < -0.3 is 14.5 Å². The maximum atomic E-state index is 13.1. The van der Waals surface area contributed by atoms with Crippen molar-refractivity contribution in [2.45, 2.75) is 50.2 Å². The molecule has 0 saturated carbocycles. The highest BCUT2D eigenvalue weighted by atomic mass is 19.1. The molecule has 0 bridgehead atoms. The van der Waals surface area contributed by atoms with Crippen LogP contribution in [0.2, 0.25) is 0 Å². The monoisotopic (exact) mass is 404 g/mol. The third kappa shape index (κ3) is 4.76. The first kappa shape index (κ1) is 20.3. The number of piperidine rings is 1. The summed E-state index contributed by atoms with van der Waals surface area (Å²) in [6.45, 7) is 3.17. The summed E-state index contributed by atoms with van der Waals surface area (Å²) in [5.74, 6) is -0.136. The Kier molecular flexibility index (Phi) is 6.42.